The van der Waals surface area contributed by atoms with Gasteiger partial charge in [0.1, 0.15) is 12.0 Å². The lowest BCUT2D eigenvalue weighted by atomic mass is 9.68. The van der Waals surface area contributed by atoms with Crippen LogP contribution in [0.1, 0.15) is 31.4 Å². The molecule has 3 rings (SSSR count). The number of likely N-dealkylation sites (tertiary alicyclic amines) is 1. The van der Waals surface area contributed by atoms with Crippen molar-refractivity contribution in [1.82, 2.24) is 15.4 Å². The van der Waals surface area contributed by atoms with Gasteiger partial charge >= 0.3 is 0 Å². The van der Waals surface area contributed by atoms with E-state index in [0.29, 0.717) is 12.0 Å². The third-order valence-corrected chi connectivity index (χ3v) is 4.28. The van der Waals surface area contributed by atoms with E-state index in [-0.39, 0.29) is 24.0 Å². The lowest BCUT2D eigenvalue weighted by Crippen LogP contribution is -2.42. The Labute approximate surface area is 130 Å². The molecule has 1 saturated heterocycles. The lowest BCUT2D eigenvalue weighted by Gasteiger charge is -2.38. The van der Waals surface area contributed by atoms with Gasteiger partial charge in [0.2, 0.25) is 0 Å². The molecular weight excluding hydrogens is 355 g/mol. The van der Waals surface area contributed by atoms with Crippen LogP contribution >= 0.6 is 24.0 Å². The number of nitrogens with one attached hydrogen (secondary N) is 1. The zero-order valence-corrected chi connectivity index (χ0v) is 13.6. The zero-order chi connectivity index (χ0) is 12.4. The number of hydrogen-bond donors (Lipinski definition) is 1. The number of hydrogen-bond acceptors (Lipinski definition) is 3. The highest BCUT2D eigenvalue weighted by molar-refractivity contribution is 14.0. The highest BCUT2D eigenvalue weighted by Gasteiger charge is 2.43. The van der Waals surface area contributed by atoms with Crippen LogP contribution in [0.5, 0.6) is 0 Å². The Bertz CT molecular complexity index is 428. The van der Waals surface area contributed by atoms with E-state index in [9.17, 15) is 0 Å². The molecule has 1 aliphatic heterocycles. The fraction of sp³-hybridized carbons (Fsp3) is 0.692. The first kappa shape index (κ1) is 14.6. The maximum Gasteiger partial charge on any atom is 0.193 e. The monoisotopic (exact) mass is 376 g/mol. The molecule has 2 aliphatic rings. The van der Waals surface area contributed by atoms with Crippen molar-refractivity contribution in [2.75, 3.05) is 20.1 Å². The number of aliphatic imine (C=N–C) groups is 1. The zero-order valence-electron chi connectivity index (χ0n) is 11.3. The van der Waals surface area contributed by atoms with Crippen LogP contribution < -0.4 is 5.32 Å². The van der Waals surface area contributed by atoms with E-state index >= 15 is 0 Å². The predicted molar refractivity (Wildman–Crippen MR) is 84.6 cm³/mol. The Morgan fingerprint density at radius 1 is 1.53 bits per heavy atom. The molecule has 0 atom stereocenters. The summed E-state index contributed by atoms with van der Waals surface area (Å²) in [6, 6.07) is 1.87. The second kappa shape index (κ2) is 6.11. The summed E-state index contributed by atoms with van der Waals surface area (Å²) in [5, 5.41) is 7.25. The maximum atomic E-state index is 4.82. The first-order valence-electron chi connectivity index (χ1n) is 6.66. The van der Waals surface area contributed by atoms with Crippen molar-refractivity contribution >= 4 is 29.9 Å². The molecule has 0 aromatic carbocycles. The fourth-order valence-electron chi connectivity index (χ4n) is 3.03. The summed E-state index contributed by atoms with van der Waals surface area (Å²) in [7, 11) is 1.84. The molecule has 106 valence electrons. The minimum atomic E-state index is 0. The van der Waals surface area contributed by atoms with Crippen molar-refractivity contribution in [3.8, 4) is 0 Å². The number of halogens is 1. The first-order valence-corrected chi connectivity index (χ1v) is 6.66. The largest absolute Gasteiger partial charge is 0.364 e. The fourth-order valence-corrected chi connectivity index (χ4v) is 3.03. The average Bonchev–Trinajstić information content (AvgIpc) is 2.97. The van der Waals surface area contributed by atoms with Crippen molar-refractivity contribution in [1.29, 1.82) is 0 Å². The molecule has 19 heavy (non-hydrogen) atoms. The van der Waals surface area contributed by atoms with Gasteiger partial charge in [0, 0.05) is 26.2 Å². The van der Waals surface area contributed by atoms with Gasteiger partial charge in [0.05, 0.1) is 6.54 Å². The Morgan fingerprint density at radius 2 is 2.37 bits per heavy atom. The summed E-state index contributed by atoms with van der Waals surface area (Å²) in [5.41, 5.74) is 1.51. The summed E-state index contributed by atoms with van der Waals surface area (Å²) < 4.78 is 4.82. The molecule has 1 saturated carbocycles. The first-order chi connectivity index (χ1) is 8.81. The van der Waals surface area contributed by atoms with Crippen LogP contribution in [0.25, 0.3) is 0 Å². The highest BCUT2D eigenvalue weighted by atomic mass is 127. The Hall–Kier alpha value is -0.790. The van der Waals surface area contributed by atoms with Crippen molar-refractivity contribution in [3.63, 3.8) is 0 Å². The van der Waals surface area contributed by atoms with Crippen molar-refractivity contribution in [2.45, 2.75) is 32.2 Å². The second-order valence-electron chi connectivity index (χ2n) is 5.42. The topological polar surface area (TPSA) is 53.7 Å². The van der Waals surface area contributed by atoms with Crippen molar-refractivity contribution < 1.29 is 4.52 Å². The van der Waals surface area contributed by atoms with Gasteiger partial charge in [-0.25, -0.2) is 0 Å². The van der Waals surface area contributed by atoms with Crippen LogP contribution in [-0.2, 0) is 6.54 Å². The predicted octanol–water partition coefficient (Wildman–Crippen LogP) is 2.24. The third kappa shape index (κ3) is 3.04. The normalized spacial score (nSPS) is 21.1. The molecule has 0 bridgehead atoms. The summed E-state index contributed by atoms with van der Waals surface area (Å²) in [5.74, 6) is 0.988. The average molecular weight is 376 g/mol. The summed E-state index contributed by atoms with van der Waals surface area (Å²) in [6.07, 6.45) is 7.10. The molecule has 2 fully saturated rings. The molecule has 0 amide bonds. The quantitative estimate of drug-likeness (QED) is 0.489. The van der Waals surface area contributed by atoms with Crippen LogP contribution in [0.2, 0.25) is 0 Å². The Morgan fingerprint density at radius 3 is 2.89 bits per heavy atom. The van der Waals surface area contributed by atoms with Gasteiger partial charge in [-0.2, -0.15) is 0 Å². The molecule has 1 aliphatic carbocycles. The van der Waals surface area contributed by atoms with E-state index < -0.39 is 0 Å². The summed E-state index contributed by atoms with van der Waals surface area (Å²) >= 11 is 0. The Kier molecular flexibility index (Phi) is 4.70. The smallest absolute Gasteiger partial charge is 0.193 e. The molecule has 6 heteroatoms. The molecule has 2 heterocycles. The molecule has 1 spiro atoms. The molecule has 1 N–H and O–H groups in total. The van der Waals surface area contributed by atoms with Crippen molar-refractivity contribution in [3.05, 3.63) is 18.0 Å². The number of rotatable bonds is 2. The van der Waals surface area contributed by atoms with Crippen LogP contribution in [0.4, 0.5) is 0 Å². The van der Waals surface area contributed by atoms with Gasteiger partial charge in [-0.3, -0.25) is 4.99 Å². The van der Waals surface area contributed by atoms with E-state index in [2.05, 4.69) is 20.4 Å². The minimum Gasteiger partial charge on any atom is -0.364 e. The van der Waals surface area contributed by atoms with Gasteiger partial charge in [0.25, 0.3) is 0 Å². The van der Waals surface area contributed by atoms with Gasteiger partial charge in [-0.15, -0.1) is 24.0 Å². The van der Waals surface area contributed by atoms with Crippen LogP contribution in [0, 0.1) is 5.41 Å². The molecular formula is C13H21IN4O. The number of aromatic nitrogens is 1. The molecule has 1 aromatic heterocycles. The van der Waals surface area contributed by atoms with Gasteiger partial charge in [-0.1, -0.05) is 11.6 Å². The number of guanidine groups is 1. The van der Waals surface area contributed by atoms with Crippen LogP contribution in [0.3, 0.4) is 0 Å². The minimum absolute atomic E-state index is 0. The summed E-state index contributed by atoms with van der Waals surface area (Å²) in [4.78, 5) is 6.74. The van der Waals surface area contributed by atoms with Gasteiger partial charge < -0.3 is 14.7 Å². The molecule has 1 aromatic rings. The lowest BCUT2D eigenvalue weighted by molar-refractivity contribution is 0.151. The van der Waals surface area contributed by atoms with E-state index in [1.165, 1.54) is 25.7 Å². The number of nitrogens with zero attached hydrogens (tertiary/aromatic N) is 3. The summed E-state index contributed by atoms with van der Waals surface area (Å²) in [6.45, 7) is 2.96. The van der Waals surface area contributed by atoms with Crippen LogP contribution in [-0.4, -0.2) is 36.2 Å². The Balaban J connectivity index is 0.00000133. The maximum absolute atomic E-state index is 4.82. The van der Waals surface area contributed by atoms with Gasteiger partial charge in [-0.05, 0) is 24.7 Å². The van der Waals surface area contributed by atoms with E-state index in [4.69, 9.17) is 4.52 Å². The highest BCUT2D eigenvalue weighted by Crippen LogP contribution is 2.47. The second-order valence-corrected chi connectivity index (χ2v) is 5.42. The molecule has 5 nitrogen and oxygen atoms in total. The van der Waals surface area contributed by atoms with Crippen molar-refractivity contribution in [2.24, 2.45) is 10.4 Å². The SMILES string of the molecule is CN=C(NCc1ccon1)N1CCC2(CCC2)C1.I. The van der Waals surface area contributed by atoms with Gasteiger partial charge in [0.15, 0.2) is 5.96 Å². The van der Waals surface area contributed by atoms with E-state index in [1.807, 2.05) is 13.1 Å². The van der Waals surface area contributed by atoms with E-state index in [0.717, 1.165) is 24.7 Å². The molecule has 0 radical (unpaired) electrons. The van der Waals surface area contributed by atoms with Crippen LogP contribution in [0.15, 0.2) is 21.8 Å². The standard InChI is InChI=1S/C13H20N4O.HI/c1-14-12(15-9-11-3-8-18-16-11)17-7-6-13(10-17)4-2-5-13;/h3,8H,2,4-7,9-10H2,1H3,(H,14,15);1H. The van der Waals surface area contributed by atoms with E-state index in [1.54, 1.807) is 6.26 Å². The molecule has 0 unspecified atom stereocenters. The third-order valence-electron chi connectivity index (χ3n) is 4.28.